The molecule has 0 saturated heterocycles. The number of amides is 1. The second-order valence-corrected chi connectivity index (χ2v) is 8.05. The molecule has 1 aliphatic heterocycles. The first-order valence-electron chi connectivity index (χ1n) is 7.94. The summed E-state index contributed by atoms with van der Waals surface area (Å²) in [5, 5.41) is 4.12. The molecule has 0 saturated carbocycles. The van der Waals surface area contributed by atoms with Crippen LogP contribution >= 0.6 is 11.8 Å². The lowest BCUT2D eigenvalue weighted by atomic mass is 9.95. The Morgan fingerprint density at radius 1 is 1.30 bits per heavy atom. The molecule has 0 unspecified atom stereocenters. The van der Waals surface area contributed by atoms with Crippen molar-refractivity contribution in [2.45, 2.75) is 45.9 Å². The van der Waals surface area contributed by atoms with Crippen molar-refractivity contribution in [1.82, 2.24) is 14.9 Å². The number of benzene rings is 1. The summed E-state index contributed by atoms with van der Waals surface area (Å²) in [4.78, 5) is 17.0. The molecule has 23 heavy (non-hydrogen) atoms. The van der Waals surface area contributed by atoms with Crippen molar-refractivity contribution in [3.63, 3.8) is 0 Å². The van der Waals surface area contributed by atoms with Crippen molar-refractivity contribution >= 4 is 17.7 Å². The highest BCUT2D eigenvalue weighted by molar-refractivity contribution is 7.99. The summed E-state index contributed by atoms with van der Waals surface area (Å²) in [5.41, 5.74) is 4.05. The standard InChI is InChI=1S/C18H23N3OS/c1-12-5-7-13(8-6-12)15-14(11-19-16(22)18(2,3)4)21-9-10-23-17(21)20-15/h5-8H,9-11H2,1-4H3,(H,19,22). The number of nitrogens with zero attached hydrogens (tertiary/aromatic N) is 2. The van der Waals surface area contributed by atoms with E-state index < -0.39 is 0 Å². The predicted octanol–water partition coefficient (Wildman–Crippen LogP) is 3.63. The fourth-order valence-corrected chi connectivity index (χ4v) is 3.55. The van der Waals surface area contributed by atoms with Crippen LogP contribution in [0.1, 0.15) is 32.0 Å². The SMILES string of the molecule is Cc1ccc(-c2nc3n(c2CNC(=O)C(C)(C)C)CCS3)cc1. The van der Waals surface area contributed by atoms with E-state index in [1.54, 1.807) is 11.8 Å². The van der Waals surface area contributed by atoms with Gasteiger partial charge in [0, 0.05) is 23.3 Å². The van der Waals surface area contributed by atoms with Gasteiger partial charge in [-0.25, -0.2) is 4.98 Å². The highest BCUT2D eigenvalue weighted by Gasteiger charge is 2.25. The summed E-state index contributed by atoms with van der Waals surface area (Å²) in [6, 6.07) is 8.41. The van der Waals surface area contributed by atoms with E-state index in [2.05, 4.69) is 41.1 Å². The van der Waals surface area contributed by atoms with E-state index in [9.17, 15) is 4.79 Å². The fourth-order valence-electron chi connectivity index (χ4n) is 2.58. The molecule has 5 heteroatoms. The number of fused-ring (bicyclic) bond motifs is 1. The molecule has 122 valence electrons. The minimum absolute atomic E-state index is 0.0635. The van der Waals surface area contributed by atoms with E-state index in [-0.39, 0.29) is 11.3 Å². The number of thioether (sulfide) groups is 1. The van der Waals surface area contributed by atoms with Gasteiger partial charge in [0.1, 0.15) is 0 Å². The van der Waals surface area contributed by atoms with Gasteiger partial charge >= 0.3 is 0 Å². The van der Waals surface area contributed by atoms with Crippen molar-refractivity contribution < 1.29 is 4.79 Å². The molecule has 1 N–H and O–H groups in total. The Bertz CT molecular complexity index is 726. The van der Waals surface area contributed by atoms with Crippen LogP contribution in [0.15, 0.2) is 29.4 Å². The summed E-state index contributed by atoms with van der Waals surface area (Å²) in [6.45, 7) is 9.35. The first kappa shape index (κ1) is 16.1. The number of imidazole rings is 1. The lowest BCUT2D eigenvalue weighted by Gasteiger charge is -2.18. The van der Waals surface area contributed by atoms with Gasteiger partial charge in [0.15, 0.2) is 5.16 Å². The number of nitrogens with one attached hydrogen (secondary N) is 1. The van der Waals surface area contributed by atoms with Crippen molar-refractivity contribution in [3.05, 3.63) is 35.5 Å². The Morgan fingerprint density at radius 3 is 2.65 bits per heavy atom. The number of hydrogen-bond acceptors (Lipinski definition) is 3. The lowest BCUT2D eigenvalue weighted by Crippen LogP contribution is -2.34. The number of hydrogen-bond donors (Lipinski definition) is 1. The highest BCUT2D eigenvalue weighted by Crippen LogP contribution is 2.33. The molecule has 0 bridgehead atoms. The molecule has 1 aromatic carbocycles. The van der Waals surface area contributed by atoms with E-state index in [1.165, 1.54) is 5.56 Å². The summed E-state index contributed by atoms with van der Waals surface area (Å²) >= 11 is 1.78. The Labute approximate surface area is 141 Å². The third kappa shape index (κ3) is 3.29. The zero-order valence-corrected chi connectivity index (χ0v) is 15.0. The van der Waals surface area contributed by atoms with Crippen LogP contribution < -0.4 is 5.32 Å². The Morgan fingerprint density at radius 2 is 2.00 bits per heavy atom. The summed E-state index contributed by atoms with van der Waals surface area (Å²) in [6.07, 6.45) is 0. The van der Waals surface area contributed by atoms with Crippen LogP contribution in [0.25, 0.3) is 11.3 Å². The summed E-state index contributed by atoms with van der Waals surface area (Å²) < 4.78 is 2.24. The molecule has 0 atom stereocenters. The molecule has 0 aliphatic carbocycles. The number of carbonyl (C=O) groups excluding carboxylic acids is 1. The van der Waals surface area contributed by atoms with E-state index in [1.807, 2.05) is 20.8 Å². The third-order valence-corrected chi connectivity index (χ3v) is 4.96. The van der Waals surface area contributed by atoms with Crippen LogP contribution in [-0.4, -0.2) is 21.2 Å². The normalized spacial score (nSPS) is 13.9. The zero-order valence-electron chi connectivity index (χ0n) is 14.1. The monoisotopic (exact) mass is 329 g/mol. The maximum absolute atomic E-state index is 12.2. The Balaban J connectivity index is 1.92. The van der Waals surface area contributed by atoms with Crippen molar-refractivity contribution in [2.24, 2.45) is 5.41 Å². The molecular weight excluding hydrogens is 306 g/mol. The number of aromatic nitrogens is 2. The molecule has 3 rings (SSSR count). The zero-order chi connectivity index (χ0) is 16.6. The smallest absolute Gasteiger partial charge is 0.225 e. The average molecular weight is 329 g/mol. The molecule has 2 aromatic rings. The quantitative estimate of drug-likeness (QED) is 0.935. The molecule has 4 nitrogen and oxygen atoms in total. The molecule has 2 heterocycles. The van der Waals surface area contributed by atoms with E-state index in [0.717, 1.165) is 34.4 Å². The first-order valence-corrected chi connectivity index (χ1v) is 8.92. The molecule has 0 radical (unpaired) electrons. The minimum atomic E-state index is -0.382. The van der Waals surface area contributed by atoms with Crippen LogP contribution in [-0.2, 0) is 17.9 Å². The van der Waals surface area contributed by atoms with E-state index >= 15 is 0 Å². The summed E-state index contributed by atoms with van der Waals surface area (Å²) in [7, 11) is 0. The van der Waals surface area contributed by atoms with Gasteiger partial charge in [0.05, 0.1) is 17.9 Å². The van der Waals surface area contributed by atoms with Gasteiger partial charge in [-0.15, -0.1) is 0 Å². The van der Waals surface area contributed by atoms with Gasteiger partial charge in [-0.05, 0) is 6.92 Å². The van der Waals surface area contributed by atoms with Gasteiger partial charge in [0.25, 0.3) is 0 Å². The van der Waals surface area contributed by atoms with Crippen molar-refractivity contribution in [2.75, 3.05) is 5.75 Å². The van der Waals surface area contributed by atoms with Crippen LogP contribution in [0.5, 0.6) is 0 Å². The second-order valence-electron chi connectivity index (χ2n) is 6.99. The van der Waals surface area contributed by atoms with Crippen LogP contribution in [0.3, 0.4) is 0 Å². The molecule has 0 spiro atoms. The molecule has 1 amide bonds. The average Bonchev–Trinajstić information content (AvgIpc) is 3.05. The maximum Gasteiger partial charge on any atom is 0.225 e. The highest BCUT2D eigenvalue weighted by atomic mass is 32.2. The van der Waals surface area contributed by atoms with E-state index in [0.29, 0.717) is 6.54 Å². The lowest BCUT2D eigenvalue weighted by molar-refractivity contribution is -0.128. The first-order chi connectivity index (χ1) is 10.9. The number of rotatable bonds is 3. The van der Waals surface area contributed by atoms with Gasteiger partial charge in [-0.3, -0.25) is 4.79 Å². The van der Waals surface area contributed by atoms with Crippen molar-refractivity contribution in [1.29, 1.82) is 0 Å². The Kier molecular flexibility index (Phi) is 4.23. The number of carbonyl (C=O) groups is 1. The van der Waals surface area contributed by atoms with Gasteiger partial charge in [-0.1, -0.05) is 62.4 Å². The van der Waals surface area contributed by atoms with Gasteiger partial charge in [0.2, 0.25) is 5.91 Å². The molecular formula is C18H23N3OS. The fraction of sp³-hybridized carbons (Fsp3) is 0.444. The van der Waals surface area contributed by atoms with Gasteiger partial charge < -0.3 is 9.88 Å². The Hall–Kier alpha value is -1.75. The topological polar surface area (TPSA) is 46.9 Å². The molecule has 1 aromatic heterocycles. The maximum atomic E-state index is 12.2. The van der Waals surface area contributed by atoms with E-state index in [4.69, 9.17) is 4.98 Å². The van der Waals surface area contributed by atoms with Crippen LogP contribution in [0.4, 0.5) is 0 Å². The number of aryl methyl sites for hydroxylation is 1. The largest absolute Gasteiger partial charge is 0.350 e. The predicted molar refractivity (Wildman–Crippen MR) is 94.4 cm³/mol. The van der Waals surface area contributed by atoms with Crippen LogP contribution in [0, 0.1) is 12.3 Å². The van der Waals surface area contributed by atoms with Crippen LogP contribution in [0.2, 0.25) is 0 Å². The minimum Gasteiger partial charge on any atom is -0.350 e. The summed E-state index contributed by atoms with van der Waals surface area (Å²) in [5.74, 6) is 1.12. The molecule has 1 aliphatic rings. The second kappa shape index (κ2) is 6.04. The third-order valence-electron chi connectivity index (χ3n) is 4.01. The van der Waals surface area contributed by atoms with Gasteiger partial charge in [-0.2, -0.15) is 0 Å². The molecule has 0 fully saturated rings. The van der Waals surface area contributed by atoms with Crippen molar-refractivity contribution in [3.8, 4) is 11.3 Å².